The van der Waals surface area contributed by atoms with Gasteiger partial charge in [0, 0.05) is 13.2 Å². The first kappa shape index (κ1) is 5.92. The fourth-order valence-electron chi connectivity index (χ4n) is 0.148. The van der Waals surface area contributed by atoms with Crippen molar-refractivity contribution < 1.29 is 9.84 Å². The molecule has 0 spiro atoms. The van der Waals surface area contributed by atoms with Gasteiger partial charge in [-0.1, -0.05) is 0 Å². The van der Waals surface area contributed by atoms with Gasteiger partial charge in [0.25, 0.3) is 0 Å². The van der Waals surface area contributed by atoms with Gasteiger partial charge in [0.05, 0.1) is 0 Å². The number of aliphatic hydroxyl groups is 1. The predicted octanol–water partition coefficient (Wildman–Crippen LogP) is 0.0540. The lowest BCUT2D eigenvalue weighted by Crippen LogP contribution is -1.89. The minimum Gasteiger partial charge on any atom is -0.396 e. The van der Waals surface area contributed by atoms with Crippen LogP contribution in [0.3, 0.4) is 0 Å². The Hall–Kier alpha value is -0.0800. The van der Waals surface area contributed by atoms with Crippen LogP contribution >= 0.6 is 0 Å². The molecule has 0 bridgehead atoms. The smallest absolute Gasteiger partial charge is 0.115 e. The van der Waals surface area contributed by atoms with Gasteiger partial charge in [0.15, 0.2) is 0 Å². The summed E-state index contributed by atoms with van der Waals surface area (Å²) < 4.78 is 4.12. The predicted molar refractivity (Wildman–Crippen MR) is 22.0 cm³/mol. The van der Waals surface area contributed by atoms with Crippen molar-refractivity contribution in [2.75, 3.05) is 13.2 Å². The lowest BCUT2D eigenvalue weighted by molar-refractivity contribution is 0.195. The highest BCUT2D eigenvalue weighted by molar-refractivity contribution is 4.27. The first-order valence-electron chi connectivity index (χ1n) is 1.84. The largest absolute Gasteiger partial charge is 0.396 e. The Labute approximate surface area is 37.7 Å². The zero-order chi connectivity index (χ0) is 4.83. The van der Waals surface area contributed by atoms with Crippen molar-refractivity contribution in [1.82, 2.24) is 0 Å². The molecule has 0 aliphatic carbocycles. The molecule has 0 heterocycles. The molecule has 0 aromatic rings. The fraction of sp³-hybridized carbons (Fsp3) is 0.750. The molecule has 0 rings (SSSR count). The van der Waals surface area contributed by atoms with Crippen LogP contribution in [-0.2, 0) is 4.74 Å². The van der Waals surface area contributed by atoms with E-state index in [2.05, 4.69) is 11.8 Å². The van der Waals surface area contributed by atoms with E-state index >= 15 is 0 Å². The molecule has 1 N–H and O–H groups in total. The molecule has 0 aliphatic rings. The summed E-state index contributed by atoms with van der Waals surface area (Å²) in [6.07, 6.45) is 0.622. The van der Waals surface area contributed by atoms with Crippen LogP contribution < -0.4 is 0 Å². The Bertz CT molecular complexity index is 17.5. The number of aliphatic hydroxyl groups excluding tert-OH is 1. The lowest BCUT2D eigenvalue weighted by atomic mass is 10.5. The molecule has 0 aliphatic heterocycles. The molecule has 0 saturated heterocycles. The van der Waals surface area contributed by atoms with Crippen LogP contribution in [0.1, 0.15) is 6.42 Å². The molecule has 0 unspecified atom stereocenters. The van der Waals surface area contributed by atoms with Gasteiger partial charge in [-0.15, -0.1) is 0 Å². The second-order valence-electron chi connectivity index (χ2n) is 0.948. The van der Waals surface area contributed by atoms with E-state index in [0.29, 0.717) is 13.0 Å². The van der Waals surface area contributed by atoms with Crippen molar-refractivity contribution in [3.8, 4) is 0 Å². The summed E-state index contributed by atoms with van der Waals surface area (Å²) in [6.45, 7) is 0.591. The van der Waals surface area contributed by atoms with Crippen molar-refractivity contribution in [3.05, 3.63) is 7.11 Å². The third-order valence-corrected chi connectivity index (χ3v) is 0.420. The maximum absolute atomic E-state index is 8.06. The maximum Gasteiger partial charge on any atom is 0.115 e. The quantitative estimate of drug-likeness (QED) is 0.494. The van der Waals surface area contributed by atoms with E-state index in [1.54, 1.807) is 0 Å². The van der Waals surface area contributed by atoms with E-state index in [9.17, 15) is 0 Å². The summed E-state index contributed by atoms with van der Waals surface area (Å²) in [6, 6.07) is 0. The van der Waals surface area contributed by atoms with Crippen molar-refractivity contribution in [1.29, 1.82) is 0 Å². The molecule has 2 radical (unpaired) electrons. The highest BCUT2D eigenvalue weighted by Gasteiger charge is 1.76. The third-order valence-electron chi connectivity index (χ3n) is 0.420. The van der Waals surface area contributed by atoms with Gasteiger partial charge in [-0.3, -0.25) is 0 Å². The lowest BCUT2D eigenvalue weighted by Gasteiger charge is -1.88. The monoisotopic (exact) mass is 88.1 g/mol. The van der Waals surface area contributed by atoms with Crippen LogP contribution in [0.4, 0.5) is 0 Å². The summed E-state index contributed by atoms with van der Waals surface area (Å²) in [7, 11) is 4.60. The molecule has 6 heavy (non-hydrogen) atoms. The van der Waals surface area contributed by atoms with Gasteiger partial charge in [0.2, 0.25) is 0 Å². The van der Waals surface area contributed by atoms with Crippen molar-refractivity contribution in [2.24, 2.45) is 0 Å². The Morgan fingerprint density at radius 3 is 2.50 bits per heavy atom. The van der Waals surface area contributed by atoms with E-state index in [0.717, 1.165) is 0 Å². The van der Waals surface area contributed by atoms with Gasteiger partial charge in [-0.25, -0.2) is 0 Å². The first-order valence-corrected chi connectivity index (χ1v) is 1.84. The van der Waals surface area contributed by atoms with E-state index in [4.69, 9.17) is 5.11 Å². The van der Waals surface area contributed by atoms with Crippen LogP contribution in [0, 0.1) is 7.11 Å². The number of hydrogen-bond donors (Lipinski definition) is 1. The average molecular weight is 88.1 g/mol. The minimum absolute atomic E-state index is 0.150. The highest BCUT2D eigenvalue weighted by atomic mass is 16.5. The van der Waals surface area contributed by atoms with Crippen LogP contribution in [0.5, 0.6) is 0 Å². The summed E-state index contributed by atoms with van der Waals surface area (Å²) >= 11 is 0. The highest BCUT2D eigenvalue weighted by Crippen LogP contribution is 1.74. The third kappa shape index (κ3) is 3.92. The number of hydrogen-bond acceptors (Lipinski definition) is 2. The van der Waals surface area contributed by atoms with Gasteiger partial charge in [-0.05, 0) is 6.42 Å². The molecular formula is C4H8O2. The van der Waals surface area contributed by atoms with Crippen LogP contribution in [0.2, 0.25) is 0 Å². The zero-order valence-electron chi connectivity index (χ0n) is 3.55. The molecule has 0 atom stereocenters. The van der Waals surface area contributed by atoms with E-state index in [-0.39, 0.29) is 6.61 Å². The fourth-order valence-corrected chi connectivity index (χ4v) is 0.148. The van der Waals surface area contributed by atoms with E-state index < -0.39 is 0 Å². The molecule has 0 aromatic carbocycles. The Morgan fingerprint density at radius 2 is 2.33 bits per heavy atom. The van der Waals surface area contributed by atoms with E-state index in [1.807, 2.05) is 0 Å². The Morgan fingerprint density at radius 1 is 1.67 bits per heavy atom. The topological polar surface area (TPSA) is 29.5 Å². The Kier molecular flexibility index (Phi) is 4.85. The Balaban J connectivity index is 2.34. The molecule has 0 aromatic heterocycles. The summed E-state index contributed by atoms with van der Waals surface area (Å²) in [4.78, 5) is 0. The number of rotatable bonds is 3. The van der Waals surface area contributed by atoms with Gasteiger partial charge in [0.1, 0.15) is 7.11 Å². The van der Waals surface area contributed by atoms with Crippen LogP contribution in [-0.4, -0.2) is 18.3 Å². The molecule has 2 nitrogen and oxygen atoms in total. The molecule has 0 amide bonds. The standard InChI is InChI=1S/C4H8O2/c1-6-4-2-3-5/h1,5H,2-4H2. The van der Waals surface area contributed by atoms with Gasteiger partial charge in [-0.2, -0.15) is 0 Å². The maximum atomic E-state index is 8.06. The minimum atomic E-state index is 0.150. The first-order chi connectivity index (χ1) is 2.91. The van der Waals surface area contributed by atoms with Crippen LogP contribution in [0.15, 0.2) is 0 Å². The normalized spacial score (nSPS) is 9.00. The number of ether oxygens (including phenoxy) is 1. The zero-order valence-corrected chi connectivity index (χ0v) is 3.55. The molecule has 0 saturated carbocycles. The van der Waals surface area contributed by atoms with Crippen LogP contribution in [0.25, 0.3) is 0 Å². The summed E-state index contributed by atoms with van der Waals surface area (Å²) in [5, 5.41) is 8.06. The SMILES string of the molecule is [CH]OCCCO. The summed E-state index contributed by atoms with van der Waals surface area (Å²) in [5.41, 5.74) is 0. The molecule has 2 heteroatoms. The average Bonchev–Trinajstić information content (AvgIpc) is 1.61. The second kappa shape index (κ2) is 4.92. The second-order valence-corrected chi connectivity index (χ2v) is 0.948. The summed E-state index contributed by atoms with van der Waals surface area (Å²) in [5.74, 6) is 0. The van der Waals surface area contributed by atoms with Gasteiger partial charge >= 0.3 is 0 Å². The van der Waals surface area contributed by atoms with E-state index in [1.165, 1.54) is 0 Å². The molecular weight excluding hydrogens is 80.0 g/mol. The van der Waals surface area contributed by atoms with Crippen molar-refractivity contribution in [3.63, 3.8) is 0 Å². The molecule has 0 fully saturated rings. The molecule has 36 valence electrons. The van der Waals surface area contributed by atoms with Crippen molar-refractivity contribution in [2.45, 2.75) is 6.42 Å². The van der Waals surface area contributed by atoms with Crippen molar-refractivity contribution >= 4 is 0 Å². The van der Waals surface area contributed by atoms with Gasteiger partial charge < -0.3 is 9.84 Å².